The van der Waals surface area contributed by atoms with Crippen molar-refractivity contribution in [2.45, 2.75) is 31.6 Å². The molecule has 1 aliphatic carbocycles. The maximum atomic E-state index is 10.7. The lowest BCUT2D eigenvalue weighted by Gasteiger charge is -2.35. The van der Waals surface area contributed by atoms with Crippen LogP contribution in [0.2, 0.25) is 0 Å². The van der Waals surface area contributed by atoms with E-state index in [2.05, 4.69) is 9.88 Å². The Morgan fingerprint density at radius 1 is 1.21 bits per heavy atom. The van der Waals surface area contributed by atoms with E-state index in [1.54, 1.807) is 11.3 Å². The highest BCUT2D eigenvalue weighted by Gasteiger charge is 2.42. The van der Waals surface area contributed by atoms with Crippen molar-refractivity contribution in [3.05, 3.63) is 29.3 Å². The van der Waals surface area contributed by atoms with E-state index in [4.69, 9.17) is 14.2 Å². The van der Waals surface area contributed by atoms with E-state index in [1.165, 1.54) is 4.88 Å². The van der Waals surface area contributed by atoms with Gasteiger partial charge >= 0.3 is 0 Å². The largest absolute Gasteiger partial charge is 0.488 e. The number of aromatic nitrogens is 1. The monoisotopic (exact) mass is 417 g/mol. The van der Waals surface area contributed by atoms with Gasteiger partial charge in [-0.3, -0.25) is 4.90 Å². The van der Waals surface area contributed by atoms with Crippen molar-refractivity contribution in [1.82, 2.24) is 9.88 Å². The lowest BCUT2D eigenvalue weighted by atomic mass is 9.78. The van der Waals surface area contributed by atoms with E-state index in [9.17, 15) is 5.11 Å². The highest BCUT2D eigenvalue weighted by atomic mass is 32.1. The summed E-state index contributed by atoms with van der Waals surface area (Å²) < 4.78 is 17.0. The van der Waals surface area contributed by atoms with Crippen molar-refractivity contribution >= 4 is 16.5 Å². The predicted octanol–water partition coefficient (Wildman–Crippen LogP) is 2.59. The first-order chi connectivity index (χ1) is 14.0. The molecule has 1 N–H and O–H groups in total. The number of aliphatic hydroxyl groups excluding tert-OH is 1. The molecule has 0 spiro atoms. The van der Waals surface area contributed by atoms with Crippen LogP contribution in [0.3, 0.4) is 0 Å². The molecule has 1 saturated carbocycles. The third kappa shape index (κ3) is 3.89. The molecule has 5 rings (SSSR count). The van der Waals surface area contributed by atoms with Crippen LogP contribution in [0, 0.1) is 11.8 Å². The van der Waals surface area contributed by atoms with Gasteiger partial charge in [0.05, 0.1) is 6.10 Å². The molecule has 2 aliphatic heterocycles. The third-order valence-corrected chi connectivity index (χ3v) is 7.25. The van der Waals surface area contributed by atoms with Crippen LogP contribution >= 0.6 is 11.3 Å². The van der Waals surface area contributed by atoms with Gasteiger partial charge in [0, 0.05) is 50.9 Å². The predicted molar refractivity (Wildman–Crippen MR) is 111 cm³/mol. The molecule has 1 saturated heterocycles. The maximum Gasteiger partial charge on any atom is 0.231 e. The van der Waals surface area contributed by atoms with Gasteiger partial charge in [0.25, 0.3) is 0 Å². The second kappa shape index (κ2) is 7.66. The van der Waals surface area contributed by atoms with Crippen LogP contribution in [0.4, 0.5) is 5.13 Å². The molecule has 2 fully saturated rings. The standard InChI is InChI=1S/C21H27N3O4S/c1-23(2)21-22-8-16(29-21)11-24-9-13-5-17(25)19(6-14(13)10-24)28-15-3-4-18-20(7-15)27-12-26-18/h3-4,7-8,13-14,17,19,25H,5-6,9-12H2,1-2H3/t13-,14+,17+,19+/m0/s1. The summed E-state index contributed by atoms with van der Waals surface area (Å²) >= 11 is 1.75. The van der Waals surface area contributed by atoms with E-state index >= 15 is 0 Å². The summed E-state index contributed by atoms with van der Waals surface area (Å²) in [4.78, 5) is 10.3. The summed E-state index contributed by atoms with van der Waals surface area (Å²) in [6, 6.07) is 5.61. The quantitative estimate of drug-likeness (QED) is 0.802. The molecule has 1 aromatic heterocycles. The molecular formula is C21H27N3O4S. The molecular weight excluding hydrogens is 390 g/mol. The minimum Gasteiger partial charge on any atom is -0.488 e. The number of fused-ring (bicyclic) bond motifs is 2. The molecule has 0 amide bonds. The number of aliphatic hydroxyl groups is 1. The molecule has 0 unspecified atom stereocenters. The summed E-state index contributed by atoms with van der Waals surface area (Å²) in [6.45, 7) is 3.27. The van der Waals surface area contributed by atoms with Gasteiger partial charge < -0.3 is 24.2 Å². The second-order valence-electron chi connectivity index (χ2n) is 8.43. The molecule has 8 heteroatoms. The maximum absolute atomic E-state index is 10.7. The van der Waals surface area contributed by atoms with E-state index in [0.717, 1.165) is 49.1 Å². The van der Waals surface area contributed by atoms with Gasteiger partial charge in [-0.05, 0) is 36.8 Å². The van der Waals surface area contributed by atoms with Crippen molar-refractivity contribution in [3.8, 4) is 17.2 Å². The first-order valence-electron chi connectivity index (χ1n) is 10.1. The average Bonchev–Trinajstić information content (AvgIpc) is 3.41. The fourth-order valence-corrected chi connectivity index (χ4v) is 5.54. The zero-order valence-corrected chi connectivity index (χ0v) is 17.6. The summed E-state index contributed by atoms with van der Waals surface area (Å²) in [6.07, 6.45) is 3.04. The molecule has 3 aliphatic rings. The van der Waals surface area contributed by atoms with Crippen LogP contribution in [0.5, 0.6) is 17.2 Å². The van der Waals surface area contributed by atoms with E-state index in [-0.39, 0.29) is 12.9 Å². The Kier molecular flexibility index (Phi) is 5.01. The number of thiazole rings is 1. The zero-order valence-electron chi connectivity index (χ0n) is 16.8. The molecule has 156 valence electrons. The topological polar surface area (TPSA) is 67.3 Å². The summed E-state index contributed by atoms with van der Waals surface area (Å²) in [7, 11) is 4.05. The molecule has 7 nitrogen and oxygen atoms in total. The number of rotatable bonds is 5. The average molecular weight is 418 g/mol. The van der Waals surface area contributed by atoms with Gasteiger partial charge in [0.15, 0.2) is 16.6 Å². The smallest absolute Gasteiger partial charge is 0.231 e. The minimum absolute atomic E-state index is 0.180. The first-order valence-corrected chi connectivity index (χ1v) is 11.0. The lowest BCUT2D eigenvalue weighted by molar-refractivity contribution is -0.0232. The Morgan fingerprint density at radius 3 is 2.79 bits per heavy atom. The van der Waals surface area contributed by atoms with Gasteiger partial charge in [0.1, 0.15) is 11.9 Å². The van der Waals surface area contributed by atoms with Crippen molar-refractivity contribution in [3.63, 3.8) is 0 Å². The fourth-order valence-electron chi connectivity index (χ4n) is 4.67. The van der Waals surface area contributed by atoms with Gasteiger partial charge in [-0.1, -0.05) is 0 Å². The summed E-state index contributed by atoms with van der Waals surface area (Å²) in [5, 5.41) is 11.7. The van der Waals surface area contributed by atoms with Crippen LogP contribution in [-0.4, -0.2) is 61.2 Å². The highest BCUT2D eigenvalue weighted by molar-refractivity contribution is 7.15. The van der Waals surface area contributed by atoms with Crippen LogP contribution in [0.15, 0.2) is 24.4 Å². The van der Waals surface area contributed by atoms with Crippen LogP contribution < -0.4 is 19.1 Å². The summed E-state index contributed by atoms with van der Waals surface area (Å²) in [5.74, 6) is 3.27. The molecule has 0 radical (unpaired) electrons. The van der Waals surface area contributed by atoms with Crippen LogP contribution in [-0.2, 0) is 6.54 Å². The number of benzene rings is 1. The zero-order chi connectivity index (χ0) is 20.0. The van der Waals surface area contributed by atoms with Gasteiger partial charge in [-0.25, -0.2) is 4.98 Å². The molecule has 3 heterocycles. The molecule has 0 bridgehead atoms. The lowest BCUT2D eigenvalue weighted by Crippen LogP contribution is -2.42. The molecule has 29 heavy (non-hydrogen) atoms. The van der Waals surface area contributed by atoms with Crippen molar-refractivity contribution < 1.29 is 19.3 Å². The van der Waals surface area contributed by atoms with Crippen molar-refractivity contribution in [2.24, 2.45) is 11.8 Å². The number of hydrogen-bond acceptors (Lipinski definition) is 8. The van der Waals surface area contributed by atoms with E-state index in [1.807, 2.05) is 43.4 Å². The Labute approximate surface area is 174 Å². The Balaban J connectivity index is 1.20. The molecule has 1 aromatic carbocycles. The normalized spacial score (nSPS) is 28.4. The van der Waals surface area contributed by atoms with Gasteiger partial charge in [-0.2, -0.15) is 0 Å². The number of hydrogen-bond donors (Lipinski definition) is 1. The minimum atomic E-state index is -0.439. The molecule has 2 aromatic rings. The van der Waals surface area contributed by atoms with Crippen LogP contribution in [0.1, 0.15) is 17.7 Å². The number of nitrogens with zero attached hydrogens (tertiary/aromatic N) is 3. The van der Waals surface area contributed by atoms with E-state index in [0.29, 0.717) is 17.6 Å². The first kappa shape index (κ1) is 19.0. The van der Waals surface area contributed by atoms with Crippen molar-refractivity contribution in [1.29, 1.82) is 0 Å². The van der Waals surface area contributed by atoms with Gasteiger partial charge in [-0.15, -0.1) is 11.3 Å². The summed E-state index contributed by atoms with van der Waals surface area (Å²) in [5.41, 5.74) is 0. The number of likely N-dealkylation sites (tertiary alicyclic amines) is 1. The number of ether oxygens (including phenoxy) is 3. The highest BCUT2D eigenvalue weighted by Crippen LogP contribution is 2.40. The SMILES string of the molecule is CN(C)c1ncc(CN2C[C@H]3C[C@@H](Oc4ccc5c(c4)OCO5)[C@H](O)C[C@H]3C2)s1. The fraction of sp³-hybridized carbons (Fsp3) is 0.571. The Morgan fingerprint density at radius 2 is 2.00 bits per heavy atom. The van der Waals surface area contributed by atoms with Crippen LogP contribution in [0.25, 0.3) is 0 Å². The van der Waals surface area contributed by atoms with Gasteiger partial charge in [0.2, 0.25) is 6.79 Å². The molecule has 4 atom stereocenters. The Hall–Kier alpha value is -2.03. The second-order valence-corrected chi connectivity index (χ2v) is 9.52. The third-order valence-electron chi connectivity index (χ3n) is 6.10. The number of anilines is 1. The van der Waals surface area contributed by atoms with E-state index < -0.39 is 6.10 Å². The Bertz CT molecular complexity index is 873. The van der Waals surface area contributed by atoms with Crippen molar-refractivity contribution in [2.75, 3.05) is 38.9 Å².